The minimum absolute atomic E-state index is 0.0376. The lowest BCUT2D eigenvalue weighted by Gasteiger charge is -2.34. The second-order valence-corrected chi connectivity index (χ2v) is 6.83. The van der Waals surface area contributed by atoms with E-state index in [9.17, 15) is 8.42 Å². The Balaban J connectivity index is 2.16. The summed E-state index contributed by atoms with van der Waals surface area (Å²) in [5.41, 5.74) is 5.63. The number of likely N-dealkylation sites (tertiary alicyclic amines) is 1. The molecule has 1 aliphatic heterocycles. The maximum atomic E-state index is 12.3. The Hall–Kier alpha value is -1.18. The van der Waals surface area contributed by atoms with Crippen LogP contribution in [0.15, 0.2) is 23.2 Å². The Morgan fingerprint density at radius 2 is 2.26 bits per heavy atom. The molecule has 0 amide bonds. The number of sulfonamides is 1. The van der Waals surface area contributed by atoms with Gasteiger partial charge in [0.1, 0.15) is 10.7 Å². The first-order valence-corrected chi connectivity index (χ1v) is 7.80. The van der Waals surface area contributed by atoms with Gasteiger partial charge in [-0.25, -0.2) is 18.1 Å². The predicted molar refractivity (Wildman–Crippen MR) is 74.0 cm³/mol. The zero-order valence-electron chi connectivity index (χ0n) is 11.2. The molecule has 1 saturated heterocycles. The molecule has 0 bridgehead atoms. The summed E-state index contributed by atoms with van der Waals surface area (Å²) >= 11 is 0. The van der Waals surface area contributed by atoms with E-state index in [0.29, 0.717) is 0 Å². The zero-order chi connectivity index (χ0) is 14.0. The lowest BCUT2D eigenvalue weighted by atomic mass is 9.95. The number of hydrogen-bond donors (Lipinski definition) is 2. The van der Waals surface area contributed by atoms with Gasteiger partial charge in [-0.1, -0.05) is 6.92 Å². The van der Waals surface area contributed by atoms with E-state index in [1.165, 1.54) is 12.3 Å². The fourth-order valence-electron chi connectivity index (χ4n) is 2.42. The molecule has 1 aromatic heterocycles. The summed E-state index contributed by atoms with van der Waals surface area (Å²) in [5, 5.41) is 0. The van der Waals surface area contributed by atoms with Gasteiger partial charge in [-0.2, -0.15) is 0 Å². The molecular weight excluding hydrogens is 264 g/mol. The van der Waals surface area contributed by atoms with Gasteiger partial charge in [0.25, 0.3) is 0 Å². The SMILES string of the molecule is CC1CN(C)CCC1NS(=O)(=O)c1cccnc1N. The number of nitrogens with one attached hydrogen (secondary N) is 1. The summed E-state index contributed by atoms with van der Waals surface area (Å²) in [6.45, 7) is 3.82. The maximum absolute atomic E-state index is 12.3. The number of hydrogen-bond acceptors (Lipinski definition) is 5. The highest BCUT2D eigenvalue weighted by molar-refractivity contribution is 7.89. The molecule has 0 aliphatic carbocycles. The Morgan fingerprint density at radius 1 is 1.53 bits per heavy atom. The fraction of sp³-hybridized carbons (Fsp3) is 0.583. The van der Waals surface area contributed by atoms with E-state index in [-0.39, 0.29) is 22.7 Å². The van der Waals surface area contributed by atoms with Crippen molar-refractivity contribution in [1.29, 1.82) is 0 Å². The second kappa shape index (κ2) is 5.44. The van der Waals surface area contributed by atoms with Crippen LogP contribution in [-0.4, -0.2) is 44.5 Å². The highest BCUT2D eigenvalue weighted by atomic mass is 32.2. The lowest BCUT2D eigenvalue weighted by Crippen LogP contribution is -2.48. The van der Waals surface area contributed by atoms with Crippen LogP contribution < -0.4 is 10.5 Å². The molecule has 2 rings (SSSR count). The molecule has 1 aromatic rings. The molecule has 6 nitrogen and oxygen atoms in total. The highest BCUT2D eigenvalue weighted by Gasteiger charge is 2.29. The maximum Gasteiger partial charge on any atom is 0.244 e. The van der Waals surface area contributed by atoms with Crippen LogP contribution in [0.1, 0.15) is 13.3 Å². The summed E-state index contributed by atoms with van der Waals surface area (Å²) in [4.78, 5) is 6.08. The van der Waals surface area contributed by atoms with Crippen molar-refractivity contribution in [2.45, 2.75) is 24.3 Å². The number of rotatable bonds is 3. The van der Waals surface area contributed by atoms with Gasteiger partial charge in [-0.3, -0.25) is 0 Å². The van der Waals surface area contributed by atoms with Crippen molar-refractivity contribution in [2.24, 2.45) is 5.92 Å². The van der Waals surface area contributed by atoms with E-state index in [1.54, 1.807) is 6.07 Å². The standard InChI is InChI=1S/C12H20N4O2S/c1-9-8-16(2)7-5-10(9)15-19(17,18)11-4-3-6-14-12(11)13/h3-4,6,9-10,15H,5,7-8H2,1-2H3,(H2,13,14). The lowest BCUT2D eigenvalue weighted by molar-refractivity contribution is 0.188. The van der Waals surface area contributed by atoms with Crippen molar-refractivity contribution < 1.29 is 8.42 Å². The molecule has 2 unspecified atom stereocenters. The van der Waals surface area contributed by atoms with E-state index < -0.39 is 10.0 Å². The zero-order valence-corrected chi connectivity index (χ0v) is 12.0. The summed E-state index contributed by atoms with van der Waals surface area (Å²) in [6, 6.07) is 2.99. The van der Waals surface area contributed by atoms with E-state index in [0.717, 1.165) is 19.5 Å². The third-order valence-electron chi connectivity index (χ3n) is 3.50. The number of nitrogen functional groups attached to an aromatic ring is 1. The normalized spacial score (nSPS) is 25.4. The molecule has 2 heterocycles. The summed E-state index contributed by atoms with van der Waals surface area (Å²) in [5.74, 6) is 0.307. The van der Waals surface area contributed by atoms with Gasteiger partial charge < -0.3 is 10.6 Å². The third-order valence-corrected chi connectivity index (χ3v) is 5.04. The van der Waals surface area contributed by atoms with E-state index in [2.05, 4.69) is 21.5 Å². The van der Waals surface area contributed by atoms with Gasteiger partial charge in [0.2, 0.25) is 10.0 Å². The van der Waals surface area contributed by atoms with Crippen LogP contribution in [0.5, 0.6) is 0 Å². The van der Waals surface area contributed by atoms with Crippen LogP contribution in [0.4, 0.5) is 5.82 Å². The van der Waals surface area contributed by atoms with Crippen molar-refractivity contribution in [1.82, 2.24) is 14.6 Å². The van der Waals surface area contributed by atoms with Crippen LogP contribution in [0.3, 0.4) is 0 Å². The molecule has 19 heavy (non-hydrogen) atoms. The molecular formula is C12H20N4O2S. The number of nitrogens with two attached hydrogens (primary N) is 1. The Bertz CT molecular complexity index is 546. The molecule has 0 saturated carbocycles. The average molecular weight is 284 g/mol. The summed E-state index contributed by atoms with van der Waals surface area (Å²) in [7, 11) is -1.56. The molecule has 7 heteroatoms. The number of piperidine rings is 1. The number of pyridine rings is 1. The molecule has 1 fully saturated rings. The van der Waals surface area contributed by atoms with Crippen LogP contribution in [0.25, 0.3) is 0 Å². The first kappa shape index (κ1) is 14.2. The van der Waals surface area contributed by atoms with Crippen molar-refractivity contribution in [3.63, 3.8) is 0 Å². The minimum atomic E-state index is -3.60. The van der Waals surface area contributed by atoms with Gasteiger partial charge in [0.05, 0.1) is 0 Å². The molecule has 0 spiro atoms. The Kier molecular flexibility index (Phi) is 4.07. The molecule has 0 aromatic carbocycles. The highest BCUT2D eigenvalue weighted by Crippen LogP contribution is 2.20. The average Bonchev–Trinajstić information content (AvgIpc) is 2.33. The Labute approximate surface area is 114 Å². The predicted octanol–water partition coefficient (Wildman–Crippen LogP) is 0.282. The van der Waals surface area contributed by atoms with E-state index in [1.807, 2.05) is 7.05 Å². The number of aromatic nitrogens is 1. The smallest absolute Gasteiger partial charge is 0.244 e. The van der Waals surface area contributed by atoms with Crippen LogP contribution in [0.2, 0.25) is 0 Å². The van der Waals surface area contributed by atoms with Gasteiger partial charge in [0, 0.05) is 18.8 Å². The largest absolute Gasteiger partial charge is 0.383 e. The van der Waals surface area contributed by atoms with Gasteiger partial charge in [-0.05, 0) is 38.1 Å². The van der Waals surface area contributed by atoms with Crippen molar-refractivity contribution in [3.05, 3.63) is 18.3 Å². The van der Waals surface area contributed by atoms with Crippen LogP contribution >= 0.6 is 0 Å². The van der Waals surface area contributed by atoms with E-state index >= 15 is 0 Å². The topological polar surface area (TPSA) is 88.3 Å². The molecule has 2 atom stereocenters. The van der Waals surface area contributed by atoms with Gasteiger partial charge in [-0.15, -0.1) is 0 Å². The summed E-state index contributed by atoms with van der Waals surface area (Å²) < 4.78 is 27.4. The first-order valence-electron chi connectivity index (χ1n) is 6.31. The molecule has 3 N–H and O–H groups in total. The minimum Gasteiger partial charge on any atom is -0.383 e. The quantitative estimate of drug-likeness (QED) is 0.832. The van der Waals surface area contributed by atoms with Crippen LogP contribution in [0, 0.1) is 5.92 Å². The molecule has 106 valence electrons. The number of anilines is 1. The monoisotopic (exact) mass is 284 g/mol. The van der Waals surface area contributed by atoms with Gasteiger partial charge >= 0.3 is 0 Å². The first-order chi connectivity index (χ1) is 8.90. The van der Waals surface area contributed by atoms with Gasteiger partial charge in [0.15, 0.2) is 0 Å². The van der Waals surface area contributed by atoms with Crippen molar-refractivity contribution >= 4 is 15.8 Å². The second-order valence-electron chi connectivity index (χ2n) is 5.14. The number of nitrogens with zero attached hydrogens (tertiary/aromatic N) is 2. The van der Waals surface area contributed by atoms with Crippen LogP contribution in [-0.2, 0) is 10.0 Å². The Morgan fingerprint density at radius 3 is 2.89 bits per heavy atom. The van der Waals surface area contributed by atoms with Crippen molar-refractivity contribution in [3.8, 4) is 0 Å². The summed E-state index contributed by atoms with van der Waals surface area (Å²) in [6.07, 6.45) is 2.28. The molecule has 0 radical (unpaired) electrons. The molecule has 1 aliphatic rings. The fourth-order valence-corrected chi connectivity index (χ4v) is 3.88. The van der Waals surface area contributed by atoms with Crippen molar-refractivity contribution in [2.75, 3.05) is 25.9 Å². The third kappa shape index (κ3) is 3.23. The van der Waals surface area contributed by atoms with E-state index in [4.69, 9.17) is 5.73 Å².